The predicted molar refractivity (Wildman–Crippen MR) is 55.9 cm³/mol. The molecule has 1 unspecified atom stereocenters. The Balaban J connectivity index is 2.46. The maximum Gasteiger partial charge on any atom is 0.162 e. The van der Waals surface area contributed by atoms with E-state index in [2.05, 4.69) is 15.4 Å². The minimum atomic E-state index is -1.24. The van der Waals surface area contributed by atoms with Crippen LogP contribution < -0.4 is 5.73 Å². The highest BCUT2D eigenvalue weighted by Gasteiger charge is 2.21. The molecule has 0 aliphatic heterocycles. The Kier molecular flexibility index (Phi) is 3.56. The van der Waals surface area contributed by atoms with E-state index in [0.29, 0.717) is 6.07 Å². The Morgan fingerprint density at radius 3 is 2.50 bits per heavy atom. The number of aromatic nitrogens is 4. The van der Waals surface area contributed by atoms with Gasteiger partial charge >= 0.3 is 0 Å². The van der Waals surface area contributed by atoms with Crippen LogP contribution in [0.25, 0.3) is 0 Å². The summed E-state index contributed by atoms with van der Waals surface area (Å²) in [5.41, 5.74) is 5.35. The Morgan fingerprint density at radius 1 is 1.17 bits per heavy atom. The normalized spacial score (nSPS) is 12.7. The van der Waals surface area contributed by atoms with Crippen LogP contribution in [-0.2, 0) is 0 Å². The van der Waals surface area contributed by atoms with Crippen molar-refractivity contribution < 1.29 is 13.2 Å². The molecule has 0 aliphatic carbocycles. The number of rotatable bonds is 4. The van der Waals surface area contributed by atoms with Crippen molar-refractivity contribution in [3.05, 3.63) is 41.5 Å². The second-order valence-electron chi connectivity index (χ2n) is 3.64. The van der Waals surface area contributed by atoms with Gasteiger partial charge in [-0.05, 0) is 24.2 Å². The maximum atomic E-state index is 13.7. The summed E-state index contributed by atoms with van der Waals surface area (Å²) >= 11 is 0. The average Bonchev–Trinajstić information content (AvgIpc) is 2.85. The number of nitrogens with two attached hydrogens (primary N) is 1. The predicted octanol–water partition coefficient (Wildman–Crippen LogP) is 1.03. The van der Waals surface area contributed by atoms with Crippen molar-refractivity contribution in [2.45, 2.75) is 12.5 Å². The molecular weight excluding hydrogens is 247 g/mol. The summed E-state index contributed by atoms with van der Waals surface area (Å²) in [5.74, 6) is -3.24. The van der Waals surface area contributed by atoms with Crippen LogP contribution >= 0.6 is 0 Å². The van der Waals surface area contributed by atoms with Crippen LogP contribution in [0.4, 0.5) is 13.2 Å². The molecule has 1 aromatic heterocycles. The first-order valence-corrected chi connectivity index (χ1v) is 5.20. The summed E-state index contributed by atoms with van der Waals surface area (Å²) in [6, 6.07) is 0.562. The lowest BCUT2D eigenvalue weighted by Gasteiger charge is -2.15. The molecule has 5 nitrogen and oxygen atoms in total. The van der Waals surface area contributed by atoms with Crippen molar-refractivity contribution in [1.82, 2.24) is 20.2 Å². The van der Waals surface area contributed by atoms with E-state index in [4.69, 9.17) is 5.73 Å². The third kappa shape index (κ3) is 2.33. The lowest BCUT2D eigenvalue weighted by Crippen LogP contribution is -2.19. The summed E-state index contributed by atoms with van der Waals surface area (Å²) in [6.07, 6.45) is 1.44. The first-order chi connectivity index (χ1) is 8.63. The molecule has 96 valence electrons. The van der Waals surface area contributed by atoms with Gasteiger partial charge < -0.3 is 5.73 Å². The molecule has 2 rings (SSSR count). The molecule has 1 atom stereocenters. The van der Waals surface area contributed by atoms with Gasteiger partial charge in [0.05, 0.1) is 0 Å². The van der Waals surface area contributed by atoms with Gasteiger partial charge in [-0.15, -0.1) is 10.2 Å². The van der Waals surface area contributed by atoms with Gasteiger partial charge in [-0.1, -0.05) is 0 Å². The Morgan fingerprint density at radius 2 is 1.89 bits per heavy atom. The van der Waals surface area contributed by atoms with E-state index in [9.17, 15) is 13.2 Å². The molecular formula is C10H10F3N5. The Bertz CT molecular complexity index is 529. The Hall–Kier alpha value is -1.96. The molecule has 0 spiro atoms. The molecule has 0 saturated carbocycles. The fourth-order valence-corrected chi connectivity index (χ4v) is 1.66. The first-order valence-electron chi connectivity index (χ1n) is 5.20. The van der Waals surface area contributed by atoms with Crippen molar-refractivity contribution in [3.8, 4) is 0 Å². The number of benzene rings is 1. The second-order valence-corrected chi connectivity index (χ2v) is 3.64. The van der Waals surface area contributed by atoms with Crippen LogP contribution in [0.15, 0.2) is 18.5 Å². The highest BCUT2D eigenvalue weighted by Crippen LogP contribution is 2.24. The lowest BCUT2D eigenvalue weighted by molar-refractivity contribution is 0.407. The molecule has 0 amide bonds. The number of tetrazole rings is 1. The molecule has 18 heavy (non-hydrogen) atoms. The fourth-order valence-electron chi connectivity index (χ4n) is 1.66. The van der Waals surface area contributed by atoms with Crippen LogP contribution in [-0.4, -0.2) is 26.8 Å². The average molecular weight is 257 g/mol. The van der Waals surface area contributed by atoms with Gasteiger partial charge in [0.15, 0.2) is 18.0 Å². The van der Waals surface area contributed by atoms with Crippen LogP contribution in [0.5, 0.6) is 0 Å². The third-order valence-corrected chi connectivity index (χ3v) is 2.48. The topological polar surface area (TPSA) is 69.6 Å². The largest absolute Gasteiger partial charge is 0.330 e. The van der Waals surface area contributed by atoms with Crippen molar-refractivity contribution in [3.63, 3.8) is 0 Å². The summed E-state index contributed by atoms with van der Waals surface area (Å²) < 4.78 is 39.7. The van der Waals surface area contributed by atoms with Gasteiger partial charge in [-0.2, -0.15) is 4.80 Å². The standard InChI is InChI=1S/C10H10F3N5/c11-7-4-9(13)8(12)3-6(7)10(1-2-14)18-16-5-15-17-18/h3-5,10H,1-2,14H2. The summed E-state index contributed by atoms with van der Waals surface area (Å²) in [4.78, 5) is 1.11. The van der Waals surface area contributed by atoms with Crippen molar-refractivity contribution >= 4 is 0 Å². The monoisotopic (exact) mass is 257 g/mol. The smallest absolute Gasteiger partial charge is 0.162 e. The summed E-state index contributed by atoms with van der Waals surface area (Å²) in [5, 5.41) is 10.9. The van der Waals surface area contributed by atoms with Gasteiger partial charge in [-0.25, -0.2) is 13.2 Å². The van der Waals surface area contributed by atoms with E-state index in [1.54, 1.807) is 0 Å². The maximum absolute atomic E-state index is 13.7. The fraction of sp³-hybridized carbons (Fsp3) is 0.300. The van der Waals surface area contributed by atoms with Crippen molar-refractivity contribution in [2.75, 3.05) is 6.54 Å². The molecule has 2 aromatic rings. The first kappa shape index (κ1) is 12.5. The van der Waals surface area contributed by atoms with Gasteiger partial charge in [0.25, 0.3) is 0 Å². The van der Waals surface area contributed by atoms with E-state index >= 15 is 0 Å². The molecule has 0 bridgehead atoms. The zero-order valence-electron chi connectivity index (χ0n) is 9.22. The molecule has 1 aromatic carbocycles. The summed E-state index contributed by atoms with van der Waals surface area (Å²) in [6.45, 7) is 0.213. The molecule has 0 aliphatic rings. The number of hydrogen-bond acceptors (Lipinski definition) is 4. The quantitative estimate of drug-likeness (QED) is 0.830. The lowest BCUT2D eigenvalue weighted by atomic mass is 10.0. The third-order valence-electron chi connectivity index (χ3n) is 2.48. The molecule has 1 heterocycles. The highest BCUT2D eigenvalue weighted by atomic mass is 19.2. The minimum absolute atomic E-state index is 0.0580. The van der Waals surface area contributed by atoms with Crippen LogP contribution in [0.2, 0.25) is 0 Å². The number of halogens is 3. The molecule has 0 saturated heterocycles. The molecule has 8 heteroatoms. The van der Waals surface area contributed by atoms with Gasteiger partial charge in [-0.3, -0.25) is 0 Å². The molecule has 0 radical (unpaired) electrons. The van der Waals surface area contributed by atoms with E-state index < -0.39 is 23.5 Å². The number of nitrogens with zero attached hydrogens (tertiary/aromatic N) is 4. The molecule has 2 N–H and O–H groups in total. The minimum Gasteiger partial charge on any atom is -0.330 e. The SMILES string of the molecule is NCCC(c1cc(F)c(F)cc1F)n1ncnn1. The van der Waals surface area contributed by atoms with Crippen molar-refractivity contribution in [1.29, 1.82) is 0 Å². The van der Waals surface area contributed by atoms with Gasteiger partial charge in [0.2, 0.25) is 0 Å². The highest BCUT2D eigenvalue weighted by molar-refractivity contribution is 5.23. The van der Waals surface area contributed by atoms with Crippen LogP contribution in [0.3, 0.4) is 0 Å². The van der Waals surface area contributed by atoms with E-state index in [-0.39, 0.29) is 18.5 Å². The van der Waals surface area contributed by atoms with Gasteiger partial charge in [0.1, 0.15) is 11.9 Å². The van der Waals surface area contributed by atoms with Crippen LogP contribution in [0.1, 0.15) is 18.0 Å². The zero-order valence-corrected chi connectivity index (χ0v) is 9.22. The number of hydrogen-bond donors (Lipinski definition) is 1. The zero-order chi connectivity index (χ0) is 13.1. The van der Waals surface area contributed by atoms with E-state index in [1.807, 2.05) is 0 Å². The Labute approximate surface area is 100 Å². The van der Waals surface area contributed by atoms with E-state index in [0.717, 1.165) is 10.9 Å². The van der Waals surface area contributed by atoms with Crippen LogP contribution in [0, 0.1) is 17.5 Å². The second kappa shape index (κ2) is 5.13. The van der Waals surface area contributed by atoms with Gasteiger partial charge in [0, 0.05) is 11.6 Å². The molecule has 0 fully saturated rings. The summed E-state index contributed by atoms with van der Waals surface area (Å²) in [7, 11) is 0. The van der Waals surface area contributed by atoms with E-state index in [1.165, 1.54) is 6.33 Å². The van der Waals surface area contributed by atoms with Crippen molar-refractivity contribution in [2.24, 2.45) is 5.73 Å².